The summed E-state index contributed by atoms with van der Waals surface area (Å²) in [6.45, 7) is 1.45. The smallest absolute Gasteiger partial charge is 0.237 e. The molecule has 2 heterocycles. The van der Waals surface area contributed by atoms with Gasteiger partial charge in [0.25, 0.3) is 0 Å². The number of carbonyl (C=O) groups excluding carboxylic acids is 1. The van der Waals surface area contributed by atoms with Crippen LogP contribution in [0.3, 0.4) is 0 Å². The molecule has 1 aromatic heterocycles. The average molecular weight is 301 g/mol. The highest BCUT2D eigenvalue weighted by molar-refractivity contribution is 7.09. The Morgan fingerprint density at radius 2 is 2.14 bits per heavy atom. The Kier molecular flexibility index (Phi) is 4.62. The summed E-state index contributed by atoms with van der Waals surface area (Å²) in [5.74, 6) is 0.118. The SMILES string of the molecule is O=C1NCCCCC1NCc1nc(-c2ccccc2)cs1. The van der Waals surface area contributed by atoms with Gasteiger partial charge in [-0.25, -0.2) is 4.98 Å². The van der Waals surface area contributed by atoms with Crippen LogP contribution in [-0.2, 0) is 11.3 Å². The number of aromatic nitrogens is 1. The number of nitrogens with one attached hydrogen (secondary N) is 2. The largest absolute Gasteiger partial charge is 0.355 e. The van der Waals surface area contributed by atoms with E-state index >= 15 is 0 Å². The number of amides is 1. The minimum Gasteiger partial charge on any atom is -0.355 e. The molecule has 1 fully saturated rings. The molecule has 1 aliphatic heterocycles. The molecule has 0 radical (unpaired) electrons. The molecule has 1 saturated heterocycles. The lowest BCUT2D eigenvalue weighted by atomic mass is 10.1. The predicted octanol–water partition coefficient (Wildman–Crippen LogP) is 2.57. The van der Waals surface area contributed by atoms with Gasteiger partial charge >= 0.3 is 0 Å². The van der Waals surface area contributed by atoms with Crippen molar-refractivity contribution in [2.45, 2.75) is 31.8 Å². The molecule has 21 heavy (non-hydrogen) atoms. The topological polar surface area (TPSA) is 54.0 Å². The number of carbonyl (C=O) groups is 1. The fourth-order valence-corrected chi connectivity index (χ4v) is 3.23. The molecule has 0 bridgehead atoms. The zero-order valence-electron chi connectivity index (χ0n) is 11.8. The molecule has 0 spiro atoms. The van der Waals surface area contributed by atoms with Crippen LogP contribution in [-0.4, -0.2) is 23.5 Å². The highest BCUT2D eigenvalue weighted by Crippen LogP contribution is 2.21. The van der Waals surface area contributed by atoms with Crippen molar-refractivity contribution in [3.05, 3.63) is 40.7 Å². The first kappa shape index (κ1) is 14.2. The van der Waals surface area contributed by atoms with Crippen molar-refractivity contribution in [3.63, 3.8) is 0 Å². The summed E-state index contributed by atoms with van der Waals surface area (Å²) < 4.78 is 0. The standard InChI is InChI=1S/C16H19N3OS/c20-16-13(8-4-5-9-17-16)18-10-15-19-14(11-21-15)12-6-2-1-3-7-12/h1-3,6-7,11,13,18H,4-5,8-10H2,(H,17,20). The second-order valence-corrected chi connectivity index (χ2v) is 6.16. The van der Waals surface area contributed by atoms with E-state index in [1.165, 1.54) is 0 Å². The van der Waals surface area contributed by atoms with E-state index in [2.05, 4.69) is 33.1 Å². The first-order valence-corrected chi connectivity index (χ1v) is 8.22. The maximum absolute atomic E-state index is 11.9. The number of rotatable bonds is 4. The van der Waals surface area contributed by atoms with Gasteiger partial charge in [0.05, 0.1) is 11.7 Å². The van der Waals surface area contributed by atoms with Gasteiger partial charge in [-0.1, -0.05) is 30.3 Å². The van der Waals surface area contributed by atoms with E-state index in [-0.39, 0.29) is 11.9 Å². The van der Waals surface area contributed by atoms with Crippen LogP contribution in [0.25, 0.3) is 11.3 Å². The van der Waals surface area contributed by atoms with E-state index in [1.807, 2.05) is 18.2 Å². The molecule has 1 aromatic carbocycles. The molecular weight excluding hydrogens is 282 g/mol. The maximum Gasteiger partial charge on any atom is 0.237 e. The van der Waals surface area contributed by atoms with Crippen LogP contribution < -0.4 is 10.6 Å². The number of thiazole rings is 1. The monoisotopic (exact) mass is 301 g/mol. The molecule has 110 valence electrons. The zero-order chi connectivity index (χ0) is 14.5. The quantitative estimate of drug-likeness (QED) is 0.912. The minimum absolute atomic E-state index is 0.0865. The Balaban J connectivity index is 1.61. The normalized spacial score (nSPS) is 19.0. The van der Waals surface area contributed by atoms with Crippen LogP contribution in [0.2, 0.25) is 0 Å². The van der Waals surface area contributed by atoms with Crippen molar-refractivity contribution in [2.24, 2.45) is 0 Å². The van der Waals surface area contributed by atoms with Crippen molar-refractivity contribution in [1.82, 2.24) is 15.6 Å². The fourth-order valence-electron chi connectivity index (χ4n) is 2.48. The Hall–Kier alpha value is -1.72. The Morgan fingerprint density at radius 3 is 3.00 bits per heavy atom. The van der Waals surface area contributed by atoms with Gasteiger partial charge in [0.2, 0.25) is 5.91 Å². The van der Waals surface area contributed by atoms with E-state index < -0.39 is 0 Å². The number of nitrogens with zero attached hydrogens (tertiary/aromatic N) is 1. The summed E-state index contributed by atoms with van der Waals surface area (Å²) in [5.41, 5.74) is 2.13. The van der Waals surface area contributed by atoms with Crippen LogP contribution in [0.15, 0.2) is 35.7 Å². The first-order valence-electron chi connectivity index (χ1n) is 7.34. The molecule has 2 N–H and O–H groups in total. The predicted molar refractivity (Wildman–Crippen MR) is 85.0 cm³/mol. The second kappa shape index (κ2) is 6.83. The molecule has 3 rings (SSSR count). The van der Waals surface area contributed by atoms with Crippen molar-refractivity contribution >= 4 is 17.2 Å². The van der Waals surface area contributed by atoms with Gasteiger partial charge in [-0.05, 0) is 19.3 Å². The van der Waals surface area contributed by atoms with Gasteiger partial charge in [0.1, 0.15) is 5.01 Å². The van der Waals surface area contributed by atoms with Gasteiger partial charge in [0.15, 0.2) is 0 Å². The lowest BCUT2D eigenvalue weighted by Crippen LogP contribution is -2.42. The van der Waals surface area contributed by atoms with E-state index in [0.717, 1.165) is 42.1 Å². The summed E-state index contributed by atoms with van der Waals surface area (Å²) in [4.78, 5) is 16.5. The van der Waals surface area contributed by atoms with E-state index in [4.69, 9.17) is 0 Å². The van der Waals surface area contributed by atoms with Crippen molar-refractivity contribution in [1.29, 1.82) is 0 Å². The van der Waals surface area contributed by atoms with Crippen molar-refractivity contribution < 1.29 is 4.79 Å². The molecule has 1 atom stereocenters. The summed E-state index contributed by atoms with van der Waals surface area (Å²) in [6.07, 6.45) is 3.06. The first-order chi connectivity index (χ1) is 10.3. The number of hydrogen-bond acceptors (Lipinski definition) is 4. The molecule has 1 unspecified atom stereocenters. The molecule has 5 heteroatoms. The van der Waals surface area contributed by atoms with Gasteiger partial charge in [-0.15, -0.1) is 11.3 Å². The van der Waals surface area contributed by atoms with Gasteiger partial charge in [-0.3, -0.25) is 10.1 Å². The lowest BCUT2D eigenvalue weighted by molar-refractivity contribution is -0.122. The molecule has 1 aliphatic rings. The van der Waals surface area contributed by atoms with Crippen LogP contribution in [0, 0.1) is 0 Å². The third-order valence-electron chi connectivity index (χ3n) is 3.66. The fraction of sp³-hybridized carbons (Fsp3) is 0.375. The lowest BCUT2D eigenvalue weighted by Gasteiger charge is -2.13. The Bertz CT molecular complexity index is 597. The summed E-state index contributed by atoms with van der Waals surface area (Å²) in [7, 11) is 0. The zero-order valence-corrected chi connectivity index (χ0v) is 12.7. The highest BCUT2D eigenvalue weighted by Gasteiger charge is 2.20. The van der Waals surface area contributed by atoms with Gasteiger partial charge < -0.3 is 5.32 Å². The summed E-state index contributed by atoms with van der Waals surface area (Å²) >= 11 is 1.63. The summed E-state index contributed by atoms with van der Waals surface area (Å²) in [6, 6.07) is 10.1. The number of hydrogen-bond donors (Lipinski definition) is 2. The second-order valence-electron chi connectivity index (χ2n) is 5.21. The number of benzene rings is 1. The van der Waals surface area contributed by atoms with Crippen molar-refractivity contribution in [2.75, 3.05) is 6.54 Å². The van der Waals surface area contributed by atoms with Crippen LogP contribution in [0.5, 0.6) is 0 Å². The van der Waals surface area contributed by atoms with E-state index in [0.29, 0.717) is 6.54 Å². The minimum atomic E-state index is -0.0865. The third-order valence-corrected chi connectivity index (χ3v) is 4.51. The average Bonchev–Trinajstić information content (AvgIpc) is 2.90. The summed E-state index contributed by atoms with van der Waals surface area (Å²) in [5, 5.41) is 9.36. The van der Waals surface area contributed by atoms with E-state index in [9.17, 15) is 4.79 Å². The van der Waals surface area contributed by atoms with E-state index in [1.54, 1.807) is 11.3 Å². The van der Waals surface area contributed by atoms with Crippen LogP contribution in [0.1, 0.15) is 24.3 Å². The van der Waals surface area contributed by atoms with Gasteiger partial charge in [-0.2, -0.15) is 0 Å². The highest BCUT2D eigenvalue weighted by atomic mass is 32.1. The van der Waals surface area contributed by atoms with Gasteiger partial charge in [0, 0.05) is 24.0 Å². The Labute approximate surface area is 128 Å². The van der Waals surface area contributed by atoms with Crippen LogP contribution in [0.4, 0.5) is 0 Å². The third kappa shape index (κ3) is 3.68. The molecular formula is C16H19N3OS. The molecule has 4 nitrogen and oxygen atoms in total. The molecule has 2 aromatic rings. The maximum atomic E-state index is 11.9. The molecule has 0 saturated carbocycles. The Morgan fingerprint density at radius 1 is 1.29 bits per heavy atom. The van der Waals surface area contributed by atoms with Crippen molar-refractivity contribution in [3.8, 4) is 11.3 Å². The molecule has 1 amide bonds. The molecule has 0 aliphatic carbocycles. The van der Waals surface area contributed by atoms with Crippen LogP contribution >= 0.6 is 11.3 Å².